The Labute approximate surface area is 172 Å². The fourth-order valence-corrected chi connectivity index (χ4v) is 4.62. The van der Waals surface area contributed by atoms with Gasteiger partial charge in [-0.15, -0.1) is 11.3 Å². The summed E-state index contributed by atoms with van der Waals surface area (Å²) in [6.45, 7) is 0.776. The van der Waals surface area contributed by atoms with Crippen molar-refractivity contribution < 1.29 is 9.59 Å². The number of H-pyrrole nitrogens is 1. The fraction of sp³-hybridized carbons (Fsp3) is 0.429. The Bertz CT molecular complexity index is 1070. The summed E-state index contributed by atoms with van der Waals surface area (Å²) in [4.78, 5) is 37.2. The highest BCUT2D eigenvalue weighted by atomic mass is 32.1. The van der Waals surface area contributed by atoms with Crippen LogP contribution in [-0.4, -0.2) is 38.7 Å². The van der Waals surface area contributed by atoms with Crippen molar-refractivity contribution in [1.29, 1.82) is 0 Å². The van der Waals surface area contributed by atoms with Crippen LogP contribution in [0.2, 0.25) is 0 Å². The number of para-hydroxylation sites is 1. The minimum atomic E-state index is -0.375. The van der Waals surface area contributed by atoms with E-state index in [0.29, 0.717) is 35.8 Å². The van der Waals surface area contributed by atoms with E-state index >= 15 is 0 Å². The van der Waals surface area contributed by atoms with E-state index in [-0.39, 0.29) is 17.7 Å². The van der Waals surface area contributed by atoms with Crippen LogP contribution in [0.3, 0.4) is 0 Å². The van der Waals surface area contributed by atoms with Crippen molar-refractivity contribution in [2.45, 2.75) is 57.2 Å². The molecule has 1 amide bonds. The largest absolute Gasteiger partial charge is 0.342 e. The summed E-state index contributed by atoms with van der Waals surface area (Å²) in [6, 6.07) is 5.72. The zero-order valence-electron chi connectivity index (χ0n) is 16.0. The van der Waals surface area contributed by atoms with Gasteiger partial charge in [0.25, 0.3) is 5.91 Å². The summed E-state index contributed by atoms with van der Waals surface area (Å²) in [7, 11) is 0. The predicted octanol–water partition coefficient (Wildman–Crippen LogP) is 3.18. The summed E-state index contributed by atoms with van der Waals surface area (Å²) in [5.74, 6) is 0.514. The van der Waals surface area contributed by atoms with Gasteiger partial charge in [0, 0.05) is 24.4 Å². The monoisotopic (exact) mass is 409 g/mol. The lowest BCUT2D eigenvalue weighted by molar-refractivity contribution is -0.118. The van der Waals surface area contributed by atoms with Crippen molar-refractivity contribution in [2.24, 2.45) is 0 Å². The van der Waals surface area contributed by atoms with Crippen LogP contribution in [0.1, 0.15) is 53.9 Å². The van der Waals surface area contributed by atoms with Gasteiger partial charge in [0.2, 0.25) is 0 Å². The van der Waals surface area contributed by atoms with E-state index in [2.05, 4.69) is 20.6 Å². The average molecular weight is 410 g/mol. The molecule has 1 unspecified atom stereocenters. The van der Waals surface area contributed by atoms with E-state index in [4.69, 9.17) is 4.98 Å². The Morgan fingerprint density at radius 2 is 2.10 bits per heavy atom. The molecule has 1 atom stereocenters. The van der Waals surface area contributed by atoms with E-state index in [1.165, 1.54) is 19.3 Å². The number of amides is 1. The lowest BCUT2D eigenvalue weighted by Gasteiger charge is -2.25. The normalized spacial score (nSPS) is 19.6. The number of fused-ring (bicyclic) bond motifs is 1. The zero-order chi connectivity index (χ0) is 19.8. The van der Waals surface area contributed by atoms with Crippen molar-refractivity contribution in [3.8, 4) is 11.5 Å². The van der Waals surface area contributed by atoms with Crippen LogP contribution in [0.25, 0.3) is 22.6 Å². The van der Waals surface area contributed by atoms with Crippen molar-refractivity contribution in [2.75, 3.05) is 0 Å². The Hall–Kier alpha value is -2.58. The van der Waals surface area contributed by atoms with Gasteiger partial charge in [0.1, 0.15) is 16.2 Å². The average Bonchev–Trinajstić information content (AvgIpc) is 3.40. The van der Waals surface area contributed by atoms with Gasteiger partial charge < -0.3 is 15.6 Å². The van der Waals surface area contributed by atoms with Gasteiger partial charge in [-0.1, -0.05) is 12.5 Å². The maximum atomic E-state index is 12.8. The molecule has 0 aliphatic heterocycles. The lowest BCUT2D eigenvalue weighted by atomic mass is 9.93. The van der Waals surface area contributed by atoms with Crippen molar-refractivity contribution in [1.82, 2.24) is 25.6 Å². The third-order valence-electron chi connectivity index (χ3n) is 5.81. The highest BCUT2D eigenvalue weighted by molar-refractivity contribution is 7.09. The number of hydrogen-bond donors (Lipinski definition) is 3. The minimum absolute atomic E-state index is 0.110. The third-order valence-corrected chi connectivity index (χ3v) is 6.66. The second kappa shape index (κ2) is 7.68. The number of nitrogens with one attached hydrogen (secondary N) is 3. The number of hydrogen-bond acceptors (Lipinski definition) is 6. The van der Waals surface area contributed by atoms with E-state index < -0.39 is 0 Å². The highest BCUT2D eigenvalue weighted by Gasteiger charge is 2.27. The minimum Gasteiger partial charge on any atom is -0.342 e. The van der Waals surface area contributed by atoms with Gasteiger partial charge in [0.15, 0.2) is 11.6 Å². The molecule has 5 rings (SSSR count). The number of thiazole rings is 1. The maximum absolute atomic E-state index is 12.8. The number of Topliss-reactive ketones (excluding diaryl/α,β-unsaturated/α-hetero) is 1. The summed E-state index contributed by atoms with van der Waals surface area (Å²) < 4.78 is 0. The molecule has 2 aromatic heterocycles. The number of aromatic amines is 1. The molecule has 2 heterocycles. The smallest absolute Gasteiger partial charge is 0.254 e. The first kappa shape index (κ1) is 18.4. The first-order valence-corrected chi connectivity index (χ1v) is 11.1. The van der Waals surface area contributed by atoms with E-state index in [1.807, 2.05) is 17.5 Å². The van der Waals surface area contributed by atoms with Gasteiger partial charge in [-0.05, 0) is 37.8 Å². The first-order chi connectivity index (χ1) is 14.2. The molecule has 29 heavy (non-hydrogen) atoms. The fourth-order valence-electron chi connectivity index (χ4n) is 3.89. The van der Waals surface area contributed by atoms with Crippen molar-refractivity contribution in [3.63, 3.8) is 0 Å². The maximum Gasteiger partial charge on any atom is 0.254 e. The first-order valence-electron chi connectivity index (χ1n) is 10.2. The number of aromatic nitrogens is 3. The summed E-state index contributed by atoms with van der Waals surface area (Å²) in [6.07, 6.45) is 5.90. The van der Waals surface area contributed by atoms with Crippen LogP contribution in [0, 0.1) is 0 Å². The third kappa shape index (κ3) is 3.70. The Kier molecular flexibility index (Phi) is 4.89. The second-order valence-corrected chi connectivity index (χ2v) is 8.75. The molecule has 2 fully saturated rings. The van der Waals surface area contributed by atoms with Crippen LogP contribution in [-0.2, 0) is 11.3 Å². The van der Waals surface area contributed by atoms with Crippen LogP contribution >= 0.6 is 11.3 Å². The number of rotatable bonds is 6. The Morgan fingerprint density at radius 3 is 2.86 bits per heavy atom. The molecule has 0 spiro atoms. The molecule has 2 aliphatic rings. The molecule has 0 radical (unpaired) electrons. The van der Waals surface area contributed by atoms with Crippen molar-refractivity contribution in [3.05, 3.63) is 34.2 Å². The lowest BCUT2D eigenvalue weighted by Crippen LogP contribution is -2.37. The molecule has 3 N–H and O–H groups in total. The molecular formula is C21H23N5O2S. The van der Waals surface area contributed by atoms with Gasteiger partial charge in [0.05, 0.1) is 17.1 Å². The molecule has 0 saturated heterocycles. The van der Waals surface area contributed by atoms with E-state index in [1.54, 1.807) is 17.4 Å². The SMILES string of the molecule is O=C(NC1CCCC1=O)c1cccc2[nH]c(-c3csc(CNC4CCC4)n3)nc12. The van der Waals surface area contributed by atoms with Crippen molar-refractivity contribution >= 4 is 34.1 Å². The number of ketones is 1. The number of imidazole rings is 1. The number of benzene rings is 1. The molecule has 8 heteroatoms. The van der Waals surface area contributed by atoms with E-state index in [9.17, 15) is 9.59 Å². The Morgan fingerprint density at radius 1 is 1.21 bits per heavy atom. The quantitative estimate of drug-likeness (QED) is 0.581. The summed E-state index contributed by atoms with van der Waals surface area (Å²) in [5.41, 5.74) is 2.65. The zero-order valence-corrected chi connectivity index (χ0v) is 16.8. The summed E-state index contributed by atoms with van der Waals surface area (Å²) in [5, 5.41) is 9.41. The van der Waals surface area contributed by atoms with Gasteiger partial charge >= 0.3 is 0 Å². The topological polar surface area (TPSA) is 99.8 Å². The van der Waals surface area contributed by atoms with Crippen LogP contribution in [0.5, 0.6) is 0 Å². The molecule has 7 nitrogen and oxygen atoms in total. The molecule has 1 aromatic carbocycles. The van der Waals surface area contributed by atoms with Gasteiger partial charge in [-0.25, -0.2) is 9.97 Å². The molecule has 2 aliphatic carbocycles. The van der Waals surface area contributed by atoms with Crippen LogP contribution in [0.4, 0.5) is 0 Å². The predicted molar refractivity (Wildman–Crippen MR) is 112 cm³/mol. The molecule has 2 saturated carbocycles. The number of nitrogens with zero attached hydrogens (tertiary/aromatic N) is 2. The number of carbonyl (C=O) groups is 2. The molecular weight excluding hydrogens is 386 g/mol. The van der Waals surface area contributed by atoms with Gasteiger partial charge in [-0.3, -0.25) is 9.59 Å². The molecule has 3 aromatic rings. The second-order valence-electron chi connectivity index (χ2n) is 7.81. The van der Waals surface area contributed by atoms with E-state index in [0.717, 1.165) is 29.2 Å². The molecule has 0 bridgehead atoms. The molecule has 150 valence electrons. The standard InChI is InChI=1S/C21H23N5O2S/c27-17-9-3-7-14(17)25-21(28)13-6-2-8-15-19(13)26-20(24-15)16-11-29-18(23-16)10-22-12-4-1-5-12/h2,6,8,11-12,14,22H,1,3-5,7,9-10H2,(H,24,26)(H,25,28). The summed E-state index contributed by atoms with van der Waals surface area (Å²) >= 11 is 1.61. The number of carbonyl (C=O) groups excluding carboxylic acids is 2. The van der Waals surface area contributed by atoms with Crippen LogP contribution in [0.15, 0.2) is 23.6 Å². The van der Waals surface area contributed by atoms with Crippen LogP contribution < -0.4 is 10.6 Å². The van der Waals surface area contributed by atoms with Gasteiger partial charge in [-0.2, -0.15) is 0 Å². The Balaban J connectivity index is 1.36. The highest BCUT2D eigenvalue weighted by Crippen LogP contribution is 2.25.